The summed E-state index contributed by atoms with van der Waals surface area (Å²) in [5, 5.41) is 5.82. The summed E-state index contributed by atoms with van der Waals surface area (Å²) in [6, 6.07) is 13.4. The third-order valence-corrected chi connectivity index (χ3v) is 2.96. The summed E-state index contributed by atoms with van der Waals surface area (Å²) in [6.45, 7) is 2.00. The smallest absolute Gasteiger partial charge is 0.411 e. The van der Waals surface area contributed by atoms with Gasteiger partial charge in [0.1, 0.15) is 0 Å². The Morgan fingerprint density at radius 3 is 2.41 bits per heavy atom. The van der Waals surface area contributed by atoms with Crippen LogP contribution in [-0.2, 0) is 4.74 Å². The topological polar surface area (TPSA) is 67.4 Å². The van der Waals surface area contributed by atoms with Gasteiger partial charge in [-0.25, -0.2) is 4.79 Å². The van der Waals surface area contributed by atoms with Crippen LogP contribution < -0.4 is 10.6 Å². The number of hydrogen-bond donors (Lipinski definition) is 2. The number of ether oxygens (including phenoxy) is 1. The van der Waals surface area contributed by atoms with E-state index < -0.39 is 6.09 Å². The van der Waals surface area contributed by atoms with E-state index in [9.17, 15) is 9.59 Å². The molecule has 2 aromatic carbocycles. The number of hydrogen-bond acceptors (Lipinski definition) is 3. The van der Waals surface area contributed by atoms with Crippen LogP contribution in [-0.4, -0.2) is 18.6 Å². The van der Waals surface area contributed by atoms with Crippen LogP contribution in [0.2, 0.25) is 5.02 Å². The minimum atomic E-state index is -0.560. The van der Waals surface area contributed by atoms with E-state index in [2.05, 4.69) is 10.6 Å². The standard InChI is InChI=1S/C16H15ClN2O3/c1-2-22-16(21)19-13-7-3-5-11(9-13)15(20)18-14-8-4-6-12(17)10-14/h3-10H,2H2,1H3,(H,18,20)(H,19,21). The lowest BCUT2D eigenvalue weighted by molar-refractivity contribution is 0.102. The van der Waals surface area contributed by atoms with Gasteiger partial charge in [0.05, 0.1) is 6.61 Å². The lowest BCUT2D eigenvalue weighted by Gasteiger charge is -2.08. The summed E-state index contributed by atoms with van der Waals surface area (Å²) >= 11 is 5.87. The average molecular weight is 319 g/mol. The minimum absolute atomic E-state index is 0.279. The molecule has 0 aliphatic carbocycles. The predicted molar refractivity (Wildman–Crippen MR) is 86.5 cm³/mol. The second-order valence-corrected chi connectivity index (χ2v) is 4.83. The second kappa shape index (κ2) is 7.47. The maximum atomic E-state index is 12.2. The normalized spacial score (nSPS) is 9.91. The Morgan fingerprint density at radius 2 is 1.73 bits per heavy atom. The molecule has 0 atom stereocenters. The first-order valence-corrected chi connectivity index (χ1v) is 7.07. The summed E-state index contributed by atoms with van der Waals surface area (Å²) in [6.07, 6.45) is -0.560. The number of amides is 2. The number of anilines is 2. The first kappa shape index (κ1) is 15.9. The quantitative estimate of drug-likeness (QED) is 0.889. The summed E-state index contributed by atoms with van der Waals surface area (Å²) in [5.74, 6) is -0.297. The maximum absolute atomic E-state index is 12.2. The van der Waals surface area contributed by atoms with Crippen molar-refractivity contribution in [1.29, 1.82) is 0 Å². The van der Waals surface area contributed by atoms with Crippen LogP contribution in [0.15, 0.2) is 48.5 Å². The van der Waals surface area contributed by atoms with Crippen molar-refractivity contribution in [3.63, 3.8) is 0 Å². The SMILES string of the molecule is CCOC(=O)Nc1cccc(C(=O)Nc2cccc(Cl)c2)c1. The molecule has 2 aromatic rings. The zero-order valence-corrected chi connectivity index (χ0v) is 12.7. The van der Waals surface area contributed by atoms with E-state index in [1.54, 1.807) is 55.5 Å². The van der Waals surface area contributed by atoms with Crippen LogP contribution in [0.3, 0.4) is 0 Å². The molecule has 0 heterocycles. The van der Waals surface area contributed by atoms with Gasteiger partial charge in [-0.05, 0) is 43.3 Å². The zero-order chi connectivity index (χ0) is 15.9. The zero-order valence-electron chi connectivity index (χ0n) is 11.9. The predicted octanol–water partition coefficient (Wildman–Crippen LogP) is 4.16. The van der Waals surface area contributed by atoms with Crippen LogP contribution in [0.5, 0.6) is 0 Å². The summed E-state index contributed by atoms with van der Waals surface area (Å²) in [5.41, 5.74) is 1.49. The van der Waals surface area contributed by atoms with Crippen molar-refractivity contribution in [2.24, 2.45) is 0 Å². The lowest BCUT2D eigenvalue weighted by Crippen LogP contribution is -2.15. The number of halogens is 1. The van der Waals surface area contributed by atoms with Gasteiger partial charge in [-0.15, -0.1) is 0 Å². The number of rotatable bonds is 4. The Morgan fingerprint density at radius 1 is 1.05 bits per heavy atom. The number of carbonyl (C=O) groups is 2. The van der Waals surface area contributed by atoms with Crippen molar-refractivity contribution in [2.45, 2.75) is 6.92 Å². The molecule has 0 aromatic heterocycles. The van der Waals surface area contributed by atoms with E-state index in [0.717, 1.165) is 0 Å². The molecule has 2 N–H and O–H groups in total. The molecule has 22 heavy (non-hydrogen) atoms. The van der Waals surface area contributed by atoms with Gasteiger partial charge in [0.25, 0.3) is 5.91 Å². The van der Waals surface area contributed by atoms with Crippen molar-refractivity contribution in [3.05, 3.63) is 59.1 Å². The first-order valence-electron chi connectivity index (χ1n) is 6.69. The van der Waals surface area contributed by atoms with Crippen molar-refractivity contribution in [2.75, 3.05) is 17.2 Å². The molecule has 0 unspecified atom stereocenters. The van der Waals surface area contributed by atoms with Gasteiger partial charge in [-0.3, -0.25) is 10.1 Å². The molecule has 0 radical (unpaired) electrons. The molecule has 2 rings (SSSR count). The molecular formula is C16H15ClN2O3. The molecule has 114 valence electrons. The number of carbonyl (C=O) groups excluding carboxylic acids is 2. The van der Waals surface area contributed by atoms with E-state index in [4.69, 9.17) is 16.3 Å². The minimum Gasteiger partial charge on any atom is -0.450 e. The number of nitrogens with one attached hydrogen (secondary N) is 2. The van der Waals surface area contributed by atoms with Crippen LogP contribution in [0, 0.1) is 0 Å². The first-order chi connectivity index (χ1) is 10.6. The molecule has 0 saturated heterocycles. The van der Waals surface area contributed by atoms with Gasteiger partial charge >= 0.3 is 6.09 Å². The molecule has 0 fully saturated rings. The summed E-state index contributed by atoms with van der Waals surface area (Å²) in [7, 11) is 0. The Labute approximate surface area is 133 Å². The van der Waals surface area contributed by atoms with Crippen LogP contribution >= 0.6 is 11.6 Å². The fourth-order valence-electron chi connectivity index (χ4n) is 1.79. The van der Waals surface area contributed by atoms with Gasteiger partial charge < -0.3 is 10.1 Å². The molecule has 5 nitrogen and oxygen atoms in total. The van der Waals surface area contributed by atoms with Gasteiger partial charge in [-0.2, -0.15) is 0 Å². The molecular weight excluding hydrogens is 304 g/mol. The van der Waals surface area contributed by atoms with Crippen molar-refractivity contribution < 1.29 is 14.3 Å². The van der Waals surface area contributed by atoms with Gasteiger partial charge in [0.15, 0.2) is 0 Å². The highest BCUT2D eigenvalue weighted by atomic mass is 35.5. The Bertz CT molecular complexity index is 689. The highest BCUT2D eigenvalue weighted by Gasteiger charge is 2.08. The van der Waals surface area contributed by atoms with Crippen molar-refractivity contribution >= 4 is 35.0 Å². The highest BCUT2D eigenvalue weighted by Crippen LogP contribution is 2.17. The molecule has 0 bridgehead atoms. The Hall–Kier alpha value is -2.53. The van der Waals surface area contributed by atoms with E-state index in [1.807, 2.05) is 0 Å². The van der Waals surface area contributed by atoms with E-state index >= 15 is 0 Å². The molecule has 0 aliphatic heterocycles. The van der Waals surface area contributed by atoms with E-state index in [-0.39, 0.29) is 12.5 Å². The Balaban J connectivity index is 2.08. The van der Waals surface area contributed by atoms with Gasteiger partial charge in [-0.1, -0.05) is 23.7 Å². The second-order valence-electron chi connectivity index (χ2n) is 4.39. The summed E-state index contributed by atoms with van der Waals surface area (Å²) < 4.78 is 4.79. The number of benzene rings is 2. The summed E-state index contributed by atoms with van der Waals surface area (Å²) in [4.78, 5) is 23.6. The third kappa shape index (κ3) is 4.49. The van der Waals surface area contributed by atoms with E-state index in [1.165, 1.54) is 0 Å². The maximum Gasteiger partial charge on any atom is 0.411 e. The van der Waals surface area contributed by atoms with Crippen LogP contribution in [0.4, 0.5) is 16.2 Å². The van der Waals surface area contributed by atoms with Gasteiger partial charge in [0, 0.05) is 22.0 Å². The highest BCUT2D eigenvalue weighted by molar-refractivity contribution is 6.31. The molecule has 6 heteroatoms. The van der Waals surface area contributed by atoms with Crippen LogP contribution in [0.1, 0.15) is 17.3 Å². The van der Waals surface area contributed by atoms with Gasteiger partial charge in [0.2, 0.25) is 0 Å². The molecule has 0 saturated carbocycles. The van der Waals surface area contributed by atoms with Crippen molar-refractivity contribution in [3.8, 4) is 0 Å². The van der Waals surface area contributed by atoms with E-state index in [0.29, 0.717) is 22.0 Å². The van der Waals surface area contributed by atoms with Crippen LogP contribution in [0.25, 0.3) is 0 Å². The fourth-order valence-corrected chi connectivity index (χ4v) is 1.98. The lowest BCUT2D eigenvalue weighted by atomic mass is 10.2. The molecule has 0 spiro atoms. The molecule has 2 amide bonds. The Kier molecular flexibility index (Phi) is 5.38. The fraction of sp³-hybridized carbons (Fsp3) is 0.125. The van der Waals surface area contributed by atoms with Crippen molar-refractivity contribution in [1.82, 2.24) is 0 Å². The third-order valence-electron chi connectivity index (χ3n) is 2.73. The molecule has 0 aliphatic rings. The monoisotopic (exact) mass is 318 g/mol. The largest absolute Gasteiger partial charge is 0.450 e. The average Bonchev–Trinajstić information content (AvgIpc) is 2.47.